The van der Waals surface area contributed by atoms with Gasteiger partial charge in [0.2, 0.25) is 0 Å². The maximum absolute atomic E-state index is 12.9. The summed E-state index contributed by atoms with van der Waals surface area (Å²) in [5.41, 5.74) is 2.15. The zero-order valence-electron chi connectivity index (χ0n) is 15.1. The van der Waals surface area contributed by atoms with Crippen molar-refractivity contribution in [2.75, 3.05) is 26.0 Å². The molecule has 1 unspecified atom stereocenters. The van der Waals surface area contributed by atoms with E-state index in [0.29, 0.717) is 24.0 Å². The van der Waals surface area contributed by atoms with Gasteiger partial charge in [0.1, 0.15) is 17.2 Å². The van der Waals surface area contributed by atoms with E-state index in [2.05, 4.69) is 10.2 Å². The van der Waals surface area contributed by atoms with Crippen LogP contribution in [0.1, 0.15) is 27.9 Å². The van der Waals surface area contributed by atoms with Crippen LogP contribution in [0.15, 0.2) is 53.1 Å². The molecule has 0 bridgehead atoms. The molecule has 0 spiro atoms. The quantitative estimate of drug-likeness (QED) is 0.737. The van der Waals surface area contributed by atoms with Crippen molar-refractivity contribution < 1.29 is 13.9 Å². The Hall–Kier alpha value is -2.67. The Kier molecular flexibility index (Phi) is 5.20. The molecule has 1 fully saturated rings. The minimum atomic E-state index is -0.0164. The molecule has 6 nitrogen and oxygen atoms in total. The SMILES string of the molecule is COc1cccc(-c2cc(C(=O)N3CCSC(c4ccco4)CC3)[nH]n2)c1. The highest BCUT2D eigenvalue weighted by molar-refractivity contribution is 7.99. The van der Waals surface area contributed by atoms with Crippen LogP contribution in [0.25, 0.3) is 11.3 Å². The van der Waals surface area contributed by atoms with E-state index in [0.717, 1.165) is 34.9 Å². The van der Waals surface area contributed by atoms with Gasteiger partial charge in [0.15, 0.2) is 0 Å². The molecule has 4 rings (SSSR count). The van der Waals surface area contributed by atoms with Crippen LogP contribution in [-0.4, -0.2) is 47.0 Å². The van der Waals surface area contributed by atoms with Gasteiger partial charge in [-0.05, 0) is 36.8 Å². The first-order valence-electron chi connectivity index (χ1n) is 8.88. The number of hydrogen-bond acceptors (Lipinski definition) is 5. The number of benzene rings is 1. The van der Waals surface area contributed by atoms with Gasteiger partial charge < -0.3 is 14.1 Å². The normalized spacial score (nSPS) is 17.5. The lowest BCUT2D eigenvalue weighted by atomic mass is 10.1. The van der Waals surface area contributed by atoms with Gasteiger partial charge in [0.25, 0.3) is 5.91 Å². The summed E-state index contributed by atoms with van der Waals surface area (Å²) in [6.45, 7) is 1.42. The fourth-order valence-electron chi connectivity index (χ4n) is 3.21. The van der Waals surface area contributed by atoms with Crippen LogP contribution >= 0.6 is 11.8 Å². The number of carbonyl (C=O) groups excluding carboxylic acids is 1. The molecule has 0 radical (unpaired) electrons. The minimum absolute atomic E-state index is 0.0164. The van der Waals surface area contributed by atoms with Gasteiger partial charge in [-0.25, -0.2) is 0 Å². The average Bonchev–Trinajstić information content (AvgIpc) is 3.36. The summed E-state index contributed by atoms with van der Waals surface area (Å²) in [6, 6.07) is 13.4. The molecule has 140 valence electrons. The Morgan fingerprint density at radius 3 is 3.04 bits per heavy atom. The number of H-pyrrole nitrogens is 1. The highest BCUT2D eigenvalue weighted by atomic mass is 32.2. The highest BCUT2D eigenvalue weighted by Crippen LogP contribution is 2.34. The molecule has 1 aromatic carbocycles. The number of methoxy groups -OCH3 is 1. The van der Waals surface area contributed by atoms with E-state index < -0.39 is 0 Å². The van der Waals surface area contributed by atoms with Crippen molar-refractivity contribution in [1.29, 1.82) is 0 Å². The Labute approximate surface area is 161 Å². The first-order valence-corrected chi connectivity index (χ1v) is 9.93. The van der Waals surface area contributed by atoms with E-state index in [1.807, 2.05) is 53.1 Å². The zero-order valence-corrected chi connectivity index (χ0v) is 15.9. The van der Waals surface area contributed by atoms with Gasteiger partial charge in [0, 0.05) is 24.4 Å². The van der Waals surface area contributed by atoms with Crippen molar-refractivity contribution in [1.82, 2.24) is 15.1 Å². The number of thioether (sulfide) groups is 1. The summed E-state index contributed by atoms with van der Waals surface area (Å²) in [5.74, 6) is 2.61. The third-order valence-electron chi connectivity index (χ3n) is 4.66. The Bertz CT molecular complexity index is 907. The fraction of sp³-hybridized carbons (Fsp3) is 0.300. The lowest BCUT2D eigenvalue weighted by Gasteiger charge is -2.19. The molecule has 27 heavy (non-hydrogen) atoms. The molecule has 1 amide bonds. The van der Waals surface area contributed by atoms with Gasteiger partial charge >= 0.3 is 0 Å². The number of aromatic amines is 1. The number of aromatic nitrogens is 2. The Morgan fingerprint density at radius 2 is 2.22 bits per heavy atom. The van der Waals surface area contributed by atoms with E-state index in [-0.39, 0.29) is 5.91 Å². The smallest absolute Gasteiger partial charge is 0.271 e. The summed E-state index contributed by atoms with van der Waals surface area (Å²) in [4.78, 5) is 14.8. The molecule has 2 aromatic heterocycles. The Morgan fingerprint density at radius 1 is 1.30 bits per heavy atom. The molecular weight excluding hydrogens is 362 g/mol. The lowest BCUT2D eigenvalue weighted by Crippen LogP contribution is -2.33. The van der Waals surface area contributed by atoms with E-state index in [9.17, 15) is 4.79 Å². The van der Waals surface area contributed by atoms with Crippen LogP contribution in [0, 0.1) is 0 Å². The van der Waals surface area contributed by atoms with Gasteiger partial charge in [-0.2, -0.15) is 5.10 Å². The van der Waals surface area contributed by atoms with Crippen LogP contribution in [0.2, 0.25) is 0 Å². The summed E-state index contributed by atoms with van der Waals surface area (Å²) >= 11 is 1.84. The van der Waals surface area contributed by atoms with Crippen molar-refractivity contribution in [3.8, 4) is 17.0 Å². The molecule has 1 aliphatic rings. The van der Waals surface area contributed by atoms with Gasteiger partial charge in [0.05, 0.1) is 24.3 Å². The van der Waals surface area contributed by atoms with Crippen molar-refractivity contribution in [3.05, 3.63) is 60.2 Å². The second-order valence-electron chi connectivity index (χ2n) is 6.35. The number of nitrogens with zero attached hydrogens (tertiary/aromatic N) is 2. The maximum atomic E-state index is 12.9. The molecule has 1 N–H and O–H groups in total. The molecular formula is C20H21N3O3S. The number of carbonyl (C=O) groups is 1. The predicted molar refractivity (Wildman–Crippen MR) is 105 cm³/mol. The molecule has 3 heterocycles. The van der Waals surface area contributed by atoms with Gasteiger partial charge in [-0.3, -0.25) is 9.89 Å². The molecule has 0 saturated carbocycles. The molecule has 7 heteroatoms. The van der Waals surface area contributed by atoms with Crippen molar-refractivity contribution in [2.24, 2.45) is 0 Å². The van der Waals surface area contributed by atoms with E-state index in [4.69, 9.17) is 9.15 Å². The van der Waals surface area contributed by atoms with E-state index >= 15 is 0 Å². The first kappa shape index (κ1) is 17.7. The standard InChI is InChI=1S/C20H21N3O3S/c1-25-15-5-2-4-14(12-15)16-13-17(22-21-16)20(24)23-8-7-19(27-11-9-23)18-6-3-10-26-18/h2-6,10,12-13,19H,7-9,11H2,1H3,(H,21,22). The summed E-state index contributed by atoms with van der Waals surface area (Å²) in [7, 11) is 1.63. The largest absolute Gasteiger partial charge is 0.497 e. The second kappa shape index (κ2) is 7.92. The number of hydrogen-bond donors (Lipinski definition) is 1. The monoisotopic (exact) mass is 383 g/mol. The number of rotatable bonds is 4. The fourth-order valence-corrected chi connectivity index (χ4v) is 4.39. The van der Waals surface area contributed by atoms with Crippen LogP contribution < -0.4 is 4.74 Å². The summed E-state index contributed by atoms with van der Waals surface area (Å²) in [6.07, 6.45) is 2.58. The minimum Gasteiger partial charge on any atom is -0.497 e. The molecule has 3 aromatic rings. The Balaban J connectivity index is 1.46. The third-order valence-corrected chi connectivity index (χ3v) is 5.95. The molecule has 1 aliphatic heterocycles. The van der Waals surface area contributed by atoms with Crippen LogP contribution in [0.3, 0.4) is 0 Å². The van der Waals surface area contributed by atoms with Crippen molar-refractivity contribution in [3.63, 3.8) is 0 Å². The summed E-state index contributed by atoms with van der Waals surface area (Å²) in [5, 5.41) is 7.50. The van der Waals surface area contributed by atoms with E-state index in [1.165, 1.54) is 0 Å². The number of amides is 1. The van der Waals surface area contributed by atoms with Crippen LogP contribution in [0.4, 0.5) is 0 Å². The highest BCUT2D eigenvalue weighted by Gasteiger charge is 2.25. The average molecular weight is 383 g/mol. The number of ether oxygens (including phenoxy) is 1. The molecule has 1 atom stereocenters. The third kappa shape index (κ3) is 3.88. The number of furan rings is 1. The number of nitrogens with one attached hydrogen (secondary N) is 1. The maximum Gasteiger partial charge on any atom is 0.271 e. The first-order chi connectivity index (χ1) is 13.2. The van der Waals surface area contributed by atoms with E-state index in [1.54, 1.807) is 19.4 Å². The summed E-state index contributed by atoms with van der Waals surface area (Å²) < 4.78 is 10.8. The van der Waals surface area contributed by atoms with Crippen LogP contribution in [-0.2, 0) is 0 Å². The lowest BCUT2D eigenvalue weighted by molar-refractivity contribution is 0.0760. The topological polar surface area (TPSA) is 71.4 Å². The van der Waals surface area contributed by atoms with Gasteiger partial charge in [-0.15, -0.1) is 11.8 Å². The van der Waals surface area contributed by atoms with Gasteiger partial charge in [-0.1, -0.05) is 12.1 Å². The predicted octanol–water partition coefficient (Wildman–Crippen LogP) is 4.00. The molecule has 1 saturated heterocycles. The van der Waals surface area contributed by atoms with Crippen LogP contribution in [0.5, 0.6) is 5.75 Å². The molecule has 0 aliphatic carbocycles. The van der Waals surface area contributed by atoms with Crippen molar-refractivity contribution >= 4 is 17.7 Å². The van der Waals surface area contributed by atoms with Crippen molar-refractivity contribution in [2.45, 2.75) is 11.7 Å². The second-order valence-corrected chi connectivity index (χ2v) is 7.67. The zero-order chi connectivity index (χ0) is 18.6.